The average Bonchev–Trinajstić information content (AvgIpc) is 2.34. The number of nitrogens with zero attached hydrogens (tertiary/aromatic N) is 2. The van der Waals surface area contributed by atoms with Crippen LogP contribution in [0.3, 0.4) is 0 Å². The fourth-order valence-electron chi connectivity index (χ4n) is 1.49. The van der Waals surface area contributed by atoms with Gasteiger partial charge in [0.15, 0.2) is 0 Å². The molecule has 0 saturated carbocycles. The molecule has 2 N–H and O–H groups in total. The number of anilines is 1. The van der Waals surface area contributed by atoms with Gasteiger partial charge in [-0.1, -0.05) is 34.5 Å². The van der Waals surface area contributed by atoms with Crippen LogP contribution in [0.15, 0.2) is 29.0 Å². The van der Waals surface area contributed by atoms with Gasteiger partial charge in [-0.3, -0.25) is 0 Å². The number of nitrogens with two attached hydrogens (primary N) is 1. The van der Waals surface area contributed by atoms with Crippen molar-refractivity contribution in [3.05, 3.63) is 39.6 Å². The van der Waals surface area contributed by atoms with Gasteiger partial charge in [-0.2, -0.15) is 0 Å². The Morgan fingerprint density at radius 3 is 2.89 bits per heavy atom. The van der Waals surface area contributed by atoms with Crippen molar-refractivity contribution >= 4 is 33.3 Å². The molecule has 94 valence electrons. The molecular formula is C12H11BrClN3O. The minimum absolute atomic E-state index is 0.425. The van der Waals surface area contributed by atoms with Crippen molar-refractivity contribution in [1.29, 1.82) is 0 Å². The third-order valence-corrected chi connectivity index (χ3v) is 3.20. The largest absolute Gasteiger partial charge is 0.437 e. The van der Waals surface area contributed by atoms with Crippen LogP contribution < -0.4 is 10.5 Å². The fourth-order valence-corrected chi connectivity index (χ4v) is 1.98. The van der Waals surface area contributed by atoms with Crippen LogP contribution in [-0.4, -0.2) is 9.97 Å². The van der Waals surface area contributed by atoms with Crippen LogP contribution >= 0.6 is 27.5 Å². The van der Waals surface area contributed by atoms with E-state index in [-0.39, 0.29) is 0 Å². The van der Waals surface area contributed by atoms with Crippen LogP contribution in [0.4, 0.5) is 5.82 Å². The first-order chi connectivity index (χ1) is 8.61. The zero-order valence-corrected chi connectivity index (χ0v) is 12.0. The van der Waals surface area contributed by atoms with Gasteiger partial charge in [-0.15, -0.1) is 0 Å². The number of ether oxygens (including phenoxy) is 1. The topological polar surface area (TPSA) is 61.0 Å². The number of benzene rings is 1. The van der Waals surface area contributed by atoms with Gasteiger partial charge in [0.1, 0.15) is 17.9 Å². The molecule has 0 fully saturated rings. The highest BCUT2D eigenvalue weighted by atomic mass is 79.9. The molecular weight excluding hydrogens is 318 g/mol. The molecule has 0 bridgehead atoms. The maximum absolute atomic E-state index is 6.06. The Kier molecular flexibility index (Phi) is 4.04. The van der Waals surface area contributed by atoms with Gasteiger partial charge in [-0.05, 0) is 24.6 Å². The average molecular weight is 329 g/mol. The lowest BCUT2D eigenvalue weighted by atomic mass is 10.2. The third-order valence-electron chi connectivity index (χ3n) is 2.39. The second-order valence-corrected chi connectivity index (χ2v) is 4.90. The summed E-state index contributed by atoms with van der Waals surface area (Å²) in [5.41, 5.74) is 6.55. The first kappa shape index (κ1) is 13.1. The summed E-state index contributed by atoms with van der Waals surface area (Å²) in [5.74, 6) is 1.39. The molecule has 0 saturated heterocycles. The molecule has 2 rings (SSSR count). The van der Waals surface area contributed by atoms with Crippen molar-refractivity contribution in [1.82, 2.24) is 9.97 Å². The van der Waals surface area contributed by atoms with Crippen LogP contribution in [0.5, 0.6) is 11.6 Å². The smallest absolute Gasteiger partial charge is 0.227 e. The van der Waals surface area contributed by atoms with Crippen molar-refractivity contribution in [2.45, 2.75) is 13.3 Å². The summed E-state index contributed by atoms with van der Waals surface area (Å²) in [6.07, 6.45) is 2.06. The summed E-state index contributed by atoms with van der Waals surface area (Å²) in [6, 6.07) is 5.36. The Morgan fingerprint density at radius 2 is 2.17 bits per heavy atom. The van der Waals surface area contributed by atoms with E-state index in [4.69, 9.17) is 22.1 Å². The molecule has 0 aliphatic rings. The van der Waals surface area contributed by atoms with E-state index in [1.54, 1.807) is 12.1 Å². The van der Waals surface area contributed by atoms with Gasteiger partial charge in [0.25, 0.3) is 0 Å². The van der Waals surface area contributed by atoms with E-state index in [0.717, 1.165) is 10.0 Å². The van der Waals surface area contributed by atoms with Crippen molar-refractivity contribution in [2.75, 3.05) is 5.73 Å². The lowest BCUT2D eigenvalue weighted by Crippen LogP contribution is -2.01. The number of rotatable bonds is 3. The standard InChI is InChI=1S/C12H11BrClN3O/c1-2-8-11(15)16-6-17-12(8)18-10-5-7(13)3-4-9(10)14/h3-6H,2H2,1H3,(H2,15,16,17). The van der Waals surface area contributed by atoms with Gasteiger partial charge in [0, 0.05) is 4.47 Å². The molecule has 0 aliphatic carbocycles. The highest BCUT2D eigenvalue weighted by Gasteiger charge is 2.11. The zero-order valence-electron chi connectivity index (χ0n) is 9.65. The quantitative estimate of drug-likeness (QED) is 0.930. The minimum Gasteiger partial charge on any atom is -0.437 e. The van der Waals surface area contributed by atoms with Crippen molar-refractivity contribution in [3.8, 4) is 11.6 Å². The molecule has 18 heavy (non-hydrogen) atoms. The van der Waals surface area contributed by atoms with E-state index < -0.39 is 0 Å². The second kappa shape index (κ2) is 5.54. The fraction of sp³-hybridized carbons (Fsp3) is 0.167. The number of halogens is 2. The highest BCUT2D eigenvalue weighted by molar-refractivity contribution is 9.10. The SMILES string of the molecule is CCc1c(N)ncnc1Oc1cc(Br)ccc1Cl. The molecule has 0 radical (unpaired) electrons. The van der Waals surface area contributed by atoms with Gasteiger partial charge in [-0.25, -0.2) is 9.97 Å². The molecule has 0 unspecified atom stereocenters. The van der Waals surface area contributed by atoms with E-state index in [2.05, 4.69) is 25.9 Å². The molecule has 0 spiro atoms. The number of hydrogen-bond donors (Lipinski definition) is 1. The van der Waals surface area contributed by atoms with Gasteiger partial charge < -0.3 is 10.5 Å². The lowest BCUT2D eigenvalue weighted by Gasteiger charge is -2.11. The zero-order chi connectivity index (χ0) is 13.1. The summed E-state index contributed by atoms with van der Waals surface area (Å²) >= 11 is 9.42. The van der Waals surface area contributed by atoms with E-state index in [1.165, 1.54) is 6.33 Å². The maximum Gasteiger partial charge on any atom is 0.227 e. The summed E-state index contributed by atoms with van der Waals surface area (Å²) in [7, 11) is 0. The van der Waals surface area contributed by atoms with Crippen LogP contribution in [0.25, 0.3) is 0 Å². The molecule has 1 aromatic heterocycles. The van der Waals surface area contributed by atoms with Crippen LogP contribution in [0.2, 0.25) is 5.02 Å². The second-order valence-electron chi connectivity index (χ2n) is 3.57. The molecule has 4 nitrogen and oxygen atoms in total. The minimum atomic E-state index is 0.425. The number of nitrogen functional groups attached to an aromatic ring is 1. The summed E-state index contributed by atoms with van der Waals surface area (Å²) in [6.45, 7) is 1.96. The van der Waals surface area contributed by atoms with Crippen LogP contribution in [0.1, 0.15) is 12.5 Å². The first-order valence-corrected chi connectivity index (χ1v) is 6.51. The third kappa shape index (κ3) is 2.73. The van der Waals surface area contributed by atoms with Gasteiger partial charge in [0.05, 0.1) is 10.6 Å². The van der Waals surface area contributed by atoms with Crippen molar-refractivity contribution in [3.63, 3.8) is 0 Å². The number of hydrogen-bond acceptors (Lipinski definition) is 4. The molecule has 1 aromatic carbocycles. The Hall–Kier alpha value is -1.33. The Labute approximate surface area is 118 Å². The van der Waals surface area contributed by atoms with Gasteiger partial charge >= 0.3 is 0 Å². The summed E-state index contributed by atoms with van der Waals surface area (Å²) in [5, 5.41) is 0.512. The first-order valence-electron chi connectivity index (χ1n) is 5.34. The lowest BCUT2D eigenvalue weighted by molar-refractivity contribution is 0.455. The predicted octanol–water partition coefficient (Wildman–Crippen LogP) is 3.83. The Balaban J connectivity index is 2.40. The van der Waals surface area contributed by atoms with Gasteiger partial charge in [0.2, 0.25) is 5.88 Å². The predicted molar refractivity (Wildman–Crippen MR) is 75.0 cm³/mol. The van der Waals surface area contributed by atoms with E-state index >= 15 is 0 Å². The van der Waals surface area contributed by atoms with Crippen LogP contribution in [0, 0.1) is 0 Å². The molecule has 6 heteroatoms. The molecule has 0 amide bonds. The Morgan fingerprint density at radius 1 is 1.39 bits per heavy atom. The maximum atomic E-state index is 6.06. The monoisotopic (exact) mass is 327 g/mol. The molecule has 0 atom stereocenters. The molecule has 2 aromatic rings. The summed E-state index contributed by atoms with van der Waals surface area (Å²) < 4.78 is 6.58. The van der Waals surface area contributed by atoms with Crippen molar-refractivity contribution in [2.24, 2.45) is 0 Å². The highest BCUT2D eigenvalue weighted by Crippen LogP contribution is 2.33. The number of aromatic nitrogens is 2. The van der Waals surface area contributed by atoms with E-state index in [0.29, 0.717) is 28.9 Å². The molecule has 0 aliphatic heterocycles. The van der Waals surface area contributed by atoms with E-state index in [9.17, 15) is 0 Å². The van der Waals surface area contributed by atoms with E-state index in [1.807, 2.05) is 13.0 Å². The normalized spacial score (nSPS) is 10.4. The Bertz CT molecular complexity index is 577. The molecule has 1 heterocycles. The summed E-state index contributed by atoms with van der Waals surface area (Å²) in [4.78, 5) is 8.03. The van der Waals surface area contributed by atoms with Crippen LogP contribution in [-0.2, 0) is 6.42 Å². The van der Waals surface area contributed by atoms with Crippen molar-refractivity contribution < 1.29 is 4.74 Å².